The van der Waals surface area contributed by atoms with Crippen LogP contribution in [0, 0.1) is 0 Å². The number of esters is 1. The fourth-order valence-corrected chi connectivity index (χ4v) is 6.79. The Bertz CT molecular complexity index is 717. The van der Waals surface area contributed by atoms with Gasteiger partial charge in [-0.15, -0.1) is 0 Å². The highest BCUT2D eigenvalue weighted by atomic mass is 16.6. The van der Waals surface area contributed by atoms with E-state index in [4.69, 9.17) is 9.47 Å². The maximum absolute atomic E-state index is 12.2. The molecule has 4 nitrogen and oxygen atoms in total. The zero-order chi connectivity index (χ0) is 37.0. The lowest BCUT2D eigenvalue weighted by Crippen LogP contribution is -2.27. The molecule has 0 aliphatic heterocycles. The smallest absolute Gasteiger partial charge is 0.306 e. The van der Waals surface area contributed by atoms with Crippen molar-refractivity contribution in [3.05, 3.63) is 24.3 Å². The van der Waals surface area contributed by atoms with E-state index >= 15 is 0 Å². The van der Waals surface area contributed by atoms with Gasteiger partial charge in [0.2, 0.25) is 0 Å². The monoisotopic (exact) mass is 719 g/mol. The van der Waals surface area contributed by atoms with Gasteiger partial charge in [0.1, 0.15) is 6.10 Å². The molecule has 0 heterocycles. The second-order valence-corrected chi connectivity index (χ2v) is 15.5. The first-order chi connectivity index (χ1) is 25.2. The van der Waals surface area contributed by atoms with E-state index in [9.17, 15) is 9.90 Å². The molecule has 0 fully saturated rings. The molecule has 0 rings (SSSR count). The number of allylic oxidation sites excluding steroid dienone is 4. The first-order valence-electron chi connectivity index (χ1n) is 22.9. The maximum Gasteiger partial charge on any atom is 0.306 e. The van der Waals surface area contributed by atoms with Crippen LogP contribution in [0.3, 0.4) is 0 Å². The van der Waals surface area contributed by atoms with Gasteiger partial charge in [-0.25, -0.2) is 0 Å². The molecule has 1 atom stereocenters. The Morgan fingerprint density at radius 2 is 0.765 bits per heavy atom. The zero-order valence-electron chi connectivity index (χ0n) is 34.6. The predicted molar refractivity (Wildman–Crippen MR) is 224 cm³/mol. The summed E-state index contributed by atoms with van der Waals surface area (Å²) in [6.45, 7) is 5.37. The standard InChI is InChI=1S/C47H90O4/c1-3-5-7-9-11-13-15-17-19-21-22-23-24-25-27-29-31-33-35-37-39-41-43-50-45-46(44-48)51-47(49)42-40-38-36-34-32-30-28-26-20-18-16-14-12-10-8-6-4-2/h18,20-22,46,48H,3-17,19,23-45H2,1-2H3/b20-18-,22-21-. The van der Waals surface area contributed by atoms with Gasteiger partial charge in [0.25, 0.3) is 0 Å². The van der Waals surface area contributed by atoms with Crippen LogP contribution in [0.5, 0.6) is 0 Å². The van der Waals surface area contributed by atoms with Crippen LogP contribution in [0.25, 0.3) is 0 Å². The summed E-state index contributed by atoms with van der Waals surface area (Å²) in [6, 6.07) is 0. The van der Waals surface area contributed by atoms with Gasteiger partial charge < -0.3 is 14.6 Å². The van der Waals surface area contributed by atoms with E-state index < -0.39 is 6.10 Å². The molecule has 0 bridgehead atoms. The van der Waals surface area contributed by atoms with Crippen molar-refractivity contribution in [2.24, 2.45) is 0 Å². The molecule has 0 saturated carbocycles. The van der Waals surface area contributed by atoms with Crippen LogP contribution in [0.1, 0.15) is 245 Å². The maximum atomic E-state index is 12.2. The third kappa shape index (κ3) is 43.2. The minimum absolute atomic E-state index is 0.171. The summed E-state index contributed by atoms with van der Waals surface area (Å²) in [5.74, 6) is -0.202. The lowest BCUT2D eigenvalue weighted by atomic mass is 10.1. The minimum atomic E-state index is -0.534. The second-order valence-electron chi connectivity index (χ2n) is 15.5. The van der Waals surface area contributed by atoms with Gasteiger partial charge in [0.15, 0.2) is 0 Å². The molecule has 4 heteroatoms. The van der Waals surface area contributed by atoms with Crippen molar-refractivity contribution in [1.29, 1.82) is 0 Å². The molecule has 0 radical (unpaired) electrons. The van der Waals surface area contributed by atoms with Gasteiger partial charge in [0.05, 0.1) is 13.2 Å². The number of hydrogen-bond acceptors (Lipinski definition) is 4. The van der Waals surface area contributed by atoms with Crippen LogP contribution >= 0.6 is 0 Å². The van der Waals surface area contributed by atoms with Gasteiger partial charge in [-0.2, -0.15) is 0 Å². The van der Waals surface area contributed by atoms with Crippen LogP contribution < -0.4 is 0 Å². The highest BCUT2D eigenvalue weighted by Crippen LogP contribution is 2.14. The molecule has 0 saturated heterocycles. The van der Waals surface area contributed by atoms with E-state index in [1.54, 1.807) is 0 Å². The highest BCUT2D eigenvalue weighted by Gasteiger charge is 2.13. The molecule has 0 amide bonds. The van der Waals surface area contributed by atoms with Crippen molar-refractivity contribution in [2.45, 2.75) is 251 Å². The topological polar surface area (TPSA) is 55.8 Å². The van der Waals surface area contributed by atoms with Crippen molar-refractivity contribution in [1.82, 2.24) is 0 Å². The number of hydrogen-bond donors (Lipinski definition) is 1. The van der Waals surface area contributed by atoms with E-state index in [0.29, 0.717) is 19.6 Å². The normalized spacial score (nSPS) is 12.5. The largest absolute Gasteiger partial charge is 0.457 e. The Balaban J connectivity index is 3.39. The van der Waals surface area contributed by atoms with Gasteiger partial charge in [-0.05, 0) is 64.2 Å². The molecular formula is C47H90O4. The van der Waals surface area contributed by atoms with Gasteiger partial charge >= 0.3 is 5.97 Å². The van der Waals surface area contributed by atoms with Crippen LogP contribution in [0.2, 0.25) is 0 Å². The minimum Gasteiger partial charge on any atom is -0.457 e. The number of carbonyl (C=O) groups is 1. The lowest BCUT2D eigenvalue weighted by molar-refractivity contribution is -0.154. The SMILES string of the molecule is CCCCCCCC/C=C\CCCCCCCCCC(=O)OC(CO)COCCCCCCCCCCCC/C=C\CCCCCCCCCC. The van der Waals surface area contributed by atoms with Gasteiger partial charge in [-0.3, -0.25) is 4.79 Å². The number of aliphatic hydroxyl groups excluding tert-OH is 1. The summed E-state index contributed by atoms with van der Waals surface area (Å²) >= 11 is 0. The van der Waals surface area contributed by atoms with Gasteiger partial charge in [0, 0.05) is 13.0 Å². The van der Waals surface area contributed by atoms with Crippen molar-refractivity contribution in [2.75, 3.05) is 19.8 Å². The average Bonchev–Trinajstić information content (AvgIpc) is 3.14. The number of aliphatic hydroxyl groups is 1. The second kappa shape index (κ2) is 45.0. The van der Waals surface area contributed by atoms with Gasteiger partial charge in [-0.1, -0.05) is 199 Å². The van der Waals surface area contributed by atoms with Crippen molar-refractivity contribution < 1.29 is 19.4 Å². The zero-order valence-corrected chi connectivity index (χ0v) is 34.6. The lowest BCUT2D eigenvalue weighted by Gasteiger charge is -2.16. The van der Waals surface area contributed by atoms with E-state index in [2.05, 4.69) is 38.2 Å². The van der Waals surface area contributed by atoms with Crippen molar-refractivity contribution >= 4 is 5.97 Å². The number of carbonyl (C=O) groups excluding carboxylic acids is 1. The van der Waals surface area contributed by atoms with E-state index in [1.165, 1.54) is 205 Å². The number of unbranched alkanes of at least 4 members (excludes halogenated alkanes) is 31. The molecular weight excluding hydrogens is 629 g/mol. The molecule has 1 unspecified atom stereocenters. The van der Waals surface area contributed by atoms with E-state index in [-0.39, 0.29) is 12.6 Å². The molecule has 0 aromatic carbocycles. The average molecular weight is 719 g/mol. The molecule has 0 spiro atoms. The number of rotatable bonds is 43. The number of ether oxygens (including phenoxy) is 2. The highest BCUT2D eigenvalue weighted by molar-refractivity contribution is 5.69. The third-order valence-corrected chi connectivity index (χ3v) is 10.2. The van der Waals surface area contributed by atoms with E-state index in [1.807, 2.05) is 0 Å². The summed E-state index contributed by atoms with van der Waals surface area (Å²) in [5.41, 5.74) is 0. The predicted octanol–water partition coefficient (Wildman–Crippen LogP) is 15.1. The quantitative estimate of drug-likeness (QED) is 0.0387. The molecule has 51 heavy (non-hydrogen) atoms. The third-order valence-electron chi connectivity index (χ3n) is 10.2. The van der Waals surface area contributed by atoms with Crippen molar-refractivity contribution in [3.63, 3.8) is 0 Å². The first-order valence-corrected chi connectivity index (χ1v) is 22.9. The van der Waals surface area contributed by atoms with Crippen LogP contribution in [0.15, 0.2) is 24.3 Å². The first kappa shape index (κ1) is 49.9. The molecule has 0 aromatic rings. The molecule has 0 aliphatic carbocycles. The molecule has 1 N–H and O–H groups in total. The molecule has 302 valence electrons. The Hall–Kier alpha value is -1.13. The summed E-state index contributed by atoms with van der Waals surface area (Å²) < 4.78 is 11.2. The Morgan fingerprint density at radius 1 is 0.451 bits per heavy atom. The van der Waals surface area contributed by atoms with E-state index in [0.717, 1.165) is 19.3 Å². The van der Waals surface area contributed by atoms with Crippen LogP contribution in [-0.4, -0.2) is 37.0 Å². The van der Waals surface area contributed by atoms with Crippen LogP contribution in [0.4, 0.5) is 0 Å². The summed E-state index contributed by atoms with van der Waals surface area (Å²) in [7, 11) is 0. The van der Waals surface area contributed by atoms with Crippen molar-refractivity contribution in [3.8, 4) is 0 Å². The Labute approximate surface area is 319 Å². The Kier molecular flexibility index (Phi) is 44.0. The summed E-state index contributed by atoms with van der Waals surface area (Å²) in [5, 5.41) is 9.61. The van der Waals surface area contributed by atoms with Crippen LogP contribution in [-0.2, 0) is 14.3 Å². The molecule has 0 aliphatic rings. The Morgan fingerprint density at radius 3 is 1.12 bits per heavy atom. The molecule has 0 aromatic heterocycles. The fourth-order valence-electron chi connectivity index (χ4n) is 6.79. The summed E-state index contributed by atoms with van der Waals surface area (Å²) in [6.07, 6.45) is 55.3. The summed E-state index contributed by atoms with van der Waals surface area (Å²) in [4.78, 5) is 12.2. The fraction of sp³-hybridized carbons (Fsp3) is 0.894.